The Morgan fingerprint density at radius 2 is 1.91 bits per heavy atom. The van der Waals surface area contributed by atoms with Crippen molar-refractivity contribution in [1.29, 1.82) is 0 Å². The lowest BCUT2D eigenvalue weighted by atomic mass is 10.1. The van der Waals surface area contributed by atoms with Gasteiger partial charge in [-0.3, -0.25) is 19.2 Å². The number of carbonyl (C=O) groups is 3. The molecule has 3 aromatic rings. The van der Waals surface area contributed by atoms with Crippen molar-refractivity contribution in [1.82, 2.24) is 40.1 Å². The Kier molecular flexibility index (Phi) is 7.82. The van der Waals surface area contributed by atoms with Crippen molar-refractivity contribution in [3.05, 3.63) is 49.2 Å². The van der Waals surface area contributed by atoms with Gasteiger partial charge in [-0.25, -0.2) is 18.2 Å². The van der Waals surface area contributed by atoms with Gasteiger partial charge in [0.1, 0.15) is 34.3 Å². The molecule has 3 amide bonds. The van der Waals surface area contributed by atoms with E-state index in [-0.39, 0.29) is 31.3 Å². The van der Waals surface area contributed by atoms with Gasteiger partial charge >= 0.3 is 12.1 Å². The zero-order valence-corrected chi connectivity index (χ0v) is 26.3. The van der Waals surface area contributed by atoms with E-state index in [9.17, 15) is 22.8 Å². The van der Waals surface area contributed by atoms with Gasteiger partial charge < -0.3 is 19.6 Å². The molecule has 2 saturated carbocycles. The van der Waals surface area contributed by atoms with Gasteiger partial charge in [0.05, 0.1) is 11.8 Å². The van der Waals surface area contributed by atoms with Crippen LogP contribution >= 0.6 is 0 Å². The summed E-state index contributed by atoms with van der Waals surface area (Å²) >= 11 is 0. The SMILES string of the molecule is C=CC1CC1(NC(=O)C1CC(Oc2ccnc(On3nnc4ccccc43)n2)CN1C(=O)OC(C)(C)C)C(=O)NS(=O)(=O)C1CC1. The number of nitrogens with one attached hydrogen (secondary N) is 2. The van der Waals surface area contributed by atoms with E-state index in [1.165, 1.54) is 28.1 Å². The van der Waals surface area contributed by atoms with Gasteiger partial charge in [-0.1, -0.05) is 23.1 Å². The second-order valence-corrected chi connectivity index (χ2v) is 14.5. The molecule has 3 aliphatic rings. The lowest BCUT2D eigenvalue weighted by molar-refractivity contribution is -0.131. The highest BCUT2D eigenvalue weighted by molar-refractivity contribution is 7.91. The first-order valence-electron chi connectivity index (χ1n) is 14.8. The zero-order chi connectivity index (χ0) is 32.9. The number of hydrogen-bond acceptors (Lipinski definition) is 12. The summed E-state index contributed by atoms with van der Waals surface area (Å²) in [6, 6.07) is 7.48. The molecule has 4 atom stereocenters. The molecule has 1 saturated heterocycles. The van der Waals surface area contributed by atoms with Gasteiger partial charge in [0.2, 0.25) is 21.8 Å². The largest absolute Gasteiger partial charge is 0.472 e. The molecule has 244 valence electrons. The number of likely N-dealkylation sites (tertiary alicyclic amines) is 1. The lowest BCUT2D eigenvalue weighted by Gasteiger charge is -2.29. The van der Waals surface area contributed by atoms with Crippen LogP contribution in [0, 0.1) is 5.92 Å². The number of rotatable bonds is 10. The molecule has 0 radical (unpaired) electrons. The van der Waals surface area contributed by atoms with Crippen LogP contribution in [0.15, 0.2) is 49.2 Å². The summed E-state index contributed by atoms with van der Waals surface area (Å²) in [5.74, 6) is -1.87. The van der Waals surface area contributed by atoms with Gasteiger partial charge in [-0.05, 0) is 57.4 Å². The van der Waals surface area contributed by atoms with Crippen molar-refractivity contribution in [3.63, 3.8) is 0 Å². The van der Waals surface area contributed by atoms with Crippen LogP contribution in [-0.4, -0.2) is 91.4 Å². The van der Waals surface area contributed by atoms with Crippen molar-refractivity contribution in [2.45, 2.75) is 75.0 Å². The second-order valence-electron chi connectivity index (χ2n) is 12.5. The summed E-state index contributed by atoms with van der Waals surface area (Å²) in [6.45, 7) is 8.77. The van der Waals surface area contributed by atoms with Gasteiger partial charge in [0, 0.05) is 24.6 Å². The fourth-order valence-corrected chi connectivity index (χ4v) is 6.63. The number of aromatic nitrogens is 5. The summed E-state index contributed by atoms with van der Waals surface area (Å²) in [5.41, 5.74) is -1.16. The van der Waals surface area contributed by atoms with E-state index in [1.807, 2.05) is 6.07 Å². The van der Waals surface area contributed by atoms with Crippen molar-refractivity contribution >= 4 is 39.0 Å². The quantitative estimate of drug-likeness (QED) is 0.299. The Bertz CT molecular complexity index is 1800. The standard InChI is InChI=1S/C29H34N8O8S/c1-5-17-15-29(17,25(39)34-46(41,42)19-10-11-19)32-24(38)22-14-18(16-36(22)27(40)44-28(2,3)4)43-23-12-13-30-26(31-23)45-37-21-9-7-6-8-20(21)33-35-37/h5-9,12-13,17-19,22H,1,10-11,14-16H2,2-4H3,(H,32,38)(H,34,39). The number of hydrogen-bond donors (Lipinski definition) is 2. The van der Waals surface area contributed by atoms with E-state index < -0.39 is 62.4 Å². The molecule has 2 aromatic heterocycles. The third kappa shape index (κ3) is 6.45. The summed E-state index contributed by atoms with van der Waals surface area (Å²) in [7, 11) is -3.86. The highest BCUT2D eigenvalue weighted by atomic mass is 32.2. The maximum absolute atomic E-state index is 13.8. The summed E-state index contributed by atoms with van der Waals surface area (Å²) in [6.07, 6.45) is 2.57. The number of fused-ring (bicyclic) bond motifs is 1. The molecule has 17 heteroatoms. The van der Waals surface area contributed by atoms with E-state index in [0.717, 1.165) is 0 Å². The maximum atomic E-state index is 13.8. The van der Waals surface area contributed by atoms with Crippen molar-refractivity contribution in [3.8, 4) is 11.9 Å². The first-order chi connectivity index (χ1) is 21.8. The molecular formula is C29H34N8O8S. The Labute approximate surface area is 264 Å². The monoisotopic (exact) mass is 654 g/mol. The van der Waals surface area contributed by atoms with Crippen LogP contribution in [0.3, 0.4) is 0 Å². The van der Waals surface area contributed by atoms with Crippen molar-refractivity contribution in [2.75, 3.05) is 6.54 Å². The summed E-state index contributed by atoms with van der Waals surface area (Å²) in [4.78, 5) is 56.7. The van der Waals surface area contributed by atoms with Crippen LogP contribution < -0.4 is 19.6 Å². The number of para-hydroxylation sites is 1. The molecule has 46 heavy (non-hydrogen) atoms. The Hall–Kier alpha value is -4.80. The van der Waals surface area contributed by atoms with Crippen LogP contribution in [-0.2, 0) is 24.3 Å². The lowest BCUT2D eigenvalue weighted by Crippen LogP contribution is -2.56. The Balaban J connectivity index is 1.18. The third-order valence-corrected chi connectivity index (χ3v) is 9.65. The molecule has 1 aromatic carbocycles. The smallest absolute Gasteiger partial charge is 0.411 e. The van der Waals surface area contributed by atoms with Crippen LogP contribution in [0.5, 0.6) is 11.9 Å². The number of sulfonamides is 1. The minimum absolute atomic E-state index is 0.0236. The van der Waals surface area contributed by atoms with E-state index in [2.05, 4.69) is 36.9 Å². The van der Waals surface area contributed by atoms with Gasteiger partial charge in [-0.15, -0.1) is 11.7 Å². The number of carbonyl (C=O) groups excluding carboxylic acids is 3. The predicted molar refractivity (Wildman–Crippen MR) is 161 cm³/mol. The van der Waals surface area contributed by atoms with Crippen LogP contribution in [0.2, 0.25) is 0 Å². The van der Waals surface area contributed by atoms with Gasteiger partial charge in [0.25, 0.3) is 5.91 Å². The minimum Gasteiger partial charge on any atom is -0.472 e. The van der Waals surface area contributed by atoms with Crippen molar-refractivity contribution < 1.29 is 37.1 Å². The third-order valence-electron chi connectivity index (χ3n) is 7.83. The molecule has 4 unspecified atom stereocenters. The van der Waals surface area contributed by atoms with E-state index in [4.69, 9.17) is 14.3 Å². The first-order valence-corrected chi connectivity index (χ1v) is 16.3. The number of benzene rings is 1. The molecule has 0 spiro atoms. The normalized spacial score (nSPS) is 24.2. The Morgan fingerprint density at radius 1 is 1.15 bits per heavy atom. The van der Waals surface area contributed by atoms with Gasteiger partial charge in [-0.2, -0.15) is 4.98 Å². The molecule has 0 bridgehead atoms. The summed E-state index contributed by atoms with van der Waals surface area (Å²) < 4.78 is 38.7. The number of nitrogens with zero attached hydrogens (tertiary/aromatic N) is 6. The average molecular weight is 655 g/mol. The van der Waals surface area contributed by atoms with Crippen LogP contribution in [0.4, 0.5) is 4.79 Å². The highest BCUT2D eigenvalue weighted by Gasteiger charge is 2.62. The molecule has 3 heterocycles. The van der Waals surface area contributed by atoms with Gasteiger partial charge in [0.15, 0.2) is 0 Å². The molecule has 2 aliphatic carbocycles. The molecule has 3 fully saturated rings. The number of amides is 3. The molecule has 16 nitrogen and oxygen atoms in total. The summed E-state index contributed by atoms with van der Waals surface area (Å²) in [5, 5.41) is 10.1. The highest BCUT2D eigenvalue weighted by Crippen LogP contribution is 2.45. The van der Waals surface area contributed by atoms with Crippen molar-refractivity contribution in [2.24, 2.45) is 5.92 Å². The minimum atomic E-state index is -3.86. The molecule has 6 rings (SSSR count). The maximum Gasteiger partial charge on any atom is 0.411 e. The van der Waals surface area contributed by atoms with E-state index in [0.29, 0.717) is 23.9 Å². The first kappa shape index (κ1) is 31.2. The van der Waals surface area contributed by atoms with Crippen LogP contribution in [0.25, 0.3) is 11.0 Å². The van der Waals surface area contributed by atoms with E-state index in [1.54, 1.807) is 39.0 Å². The van der Waals surface area contributed by atoms with Crippen LogP contribution in [0.1, 0.15) is 46.5 Å². The fourth-order valence-electron chi connectivity index (χ4n) is 5.27. The second kappa shape index (κ2) is 11.5. The molecule has 2 N–H and O–H groups in total. The number of ether oxygens (including phenoxy) is 2. The molecule has 1 aliphatic heterocycles. The average Bonchev–Trinajstić information content (AvgIpc) is 3.89. The predicted octanol–water partition coefficient (Wildman–Crippen LogP) is 1.49. The zero-order valence-electron chi connectivity index (χ0n) is 25.5. The molecular weight excluding hydrogens is 620 g/mol. The topological polar surface area (TPSA) is 197 Å². The fraction of sp³-hybridized carbons (Fsp3) is 0.483. The Morgan fingerprint density at radius 3 is 2.61 bits per heavy atom. The van der Waals surface area contributed by atoms with E-state index >= 15 is 0 Å².